The number of carboxylic acid groups (broad SMARTS) is 1. The lowest BCUT2D eigenvalue weighted by Gasteiger charge is -2.15. The maximum absolute atomic E-state index is 13.2. The first-order valence-electron chi connectivity index (χ1n) is 5.74. The van der Waals surface area contributed by atoms with Gasteiger partial charge in [-0.3, -0.25) is 0 Å². The average Bonchev–Trinajstić information content (AvgIpc) is 3.13. The van der Waals surface area contributed by atoms with Crippen LogP contribution in [0.4, 0.5) is 15.8 Å². The van der Waals surface area contributed by atoms with E-state index in [2.05, 4.69) is 5.32 Å². The number of hydrogen-bond donors (Lipinski definition) is 4. The van der Waals surface area contributed by atoms with Gasteiger partial charge in [-0.15, -0.1) is 0 Å². The molecule has 1 saturated carbocycles. The van der Waals surface area contributed by atoms with Gasteiger partial charge in [0.15, 0.2) is 0 Å². The molecule has 0 saturated heterocycles. The molecule has 1 aromatic rings. The summed E-state index contributed by atoms with van der Waals surface area (Å²) in [4.78, 5) is 11.0. The van der Waals surface area contributed by atoms with Crippen molar-refractivity contribution in [3.05, 3.63) is 23.5 Å². The molecule has 1 aromatic carbocycles. The van der Waals surface area contributed by atoms with E-state index in [1.807, 2.05) is 0 Å². The van der Waals surface area contributed by atoms with Gasteiger partial charge in [0, 0.05) is 6.54 Å². The number of aliphatic hydroxyl groups is 1. The highest BCUT2D eigenvalue weighted by molar-refractivity contribution is 6.00. The number of rotatable bonds is 5. The molecule has 2 rings (SSSR count). The van der Waals surface area contributed by atoms with Crippen LogP contribution >= 0.6 is 0 Å². The van der Waals surface area contributed by atoms with Crippen molar-refractivity contribution in [1.29, 1.82) is 0 Å². The van der Waals surface area contributed by atoms with Crippen molar-refractivity contribution < 1.29 is 19.4 Å². The van der Waals surface area contributed by atoms with Crippen molar-refractivity contribution >= 4 is 17.3 Å². The van der Waals surface area contributed by atoms with Crippen LogP contribution in [0.25, 0.3) is 0 Å². The van der Waals surface area contributed by atoms with Crippen LogP contribution in [0.1, 0.15) is 23.2 Å². The molecule has 0 spiro atoms. The number of aromatic carboxylic acids is 1. The quantitative estimate of drug-likeness (QED) is 0.594. The fraction of sp³-hybridized carbons (Fsp3) is 0.417. The van der Waals surface area contributed by atoms with Gasteiger partial charge >= 0.3 is 5.97 Å². The molecule has 1 fully saturated rings. The lowest BCUT2D eigenvalue weighted by atomic mass is 10.1. The Morgan fingerprint density at radius 3 is 2.78 bits per heavy atom. The molecule has 1 unspecified atom stereocenters. The zero-order valence-electron chi connectivity index (χ0n) is 9.69. The molecule has 5 nitrogen and oxygen atoms in total. The molecule has 98 valence electrons. The third-order valence-electron chi connectivity index (χ3n) is 3.07. The summed E-state index contributed by atoms with van der Waals surface area (Å²) < 4.78 is 13.2. The monoisotopic (exact) mass is 254 g/mol. The van der Waals surface area contributed by atoms with E-state index in [-0.39, 0.29) is 23.7 Å². The third-order valence-corrected chi connectivity index (χ3v) is 3.07. The van der Waals surface area contributed by atoms with Crippen molar-refractivity contribution in [2.75, 3.05) is 17.6 Å². The molecule has 0 amide bonds. The smallest absolute Gasteiger partial charge is 0.340 e. The van der Waals surface area contributed by atoms with Gasteiger partial charge < -0.3 is 21.3 Å². The van der Waals surface area contributed by atoms with E-state index in [9.17, 15) is 14.3 Å². The lowest BCUT2D eigenvalue weighted by molar-refractivity contribution is 0.0698. The van der Waals surface area contributed by atoms with E-state index in [1.165, 1.54) is 6.07 Å². The zero-order valence-corrected chi connectivity index (χ0v) is 9.69. The summed E-state index contributed by atoms with van der Waals surface area (Å²) in [7, 11) is 0. The summed E-state index contributed by atoms with van der Waals surface area (Å²) in [6, 6.07) is 2.42. The number of nitrogens with one attached hydrogen (secondary N) is 1. The maximum Gasteiger partial charge on any atom is 0.340 e. The predicted molar refractivity (Wildman–Crippen MR) is 65.0 cm³/mol. The minimum absolute atomic E-state index is 0.223. The van der Waals surface area contributed by atoms with Crippen LogP contribution < -0.4 is 11.1 Å². The first kappa shape index (κ1) is 12.6. The minimum atomic E-state index is -1.30. The fourth-order valence-corrected chi connectivity index (χ4v) is 1.83. The largest absolute Gasteiger partial charge is 0.478 e. The first-order chi connectivity index (χ1) is 8.50. The summed E-state index contributed by atoms with van der Waals surface area (Å²) in [6.45, 7) is 0.232. The number of carboxylic acids is 1. The third kappa shape index (κ3) is 2.53. The molecule has 0 heterocycles. The summed E-state index contributed by atoms with van der Waals surface area (Å²) in [5.41, 5.74) is 4.94. The second kappa shape index (κ2) is 4.81. The number of nitrogens with two attached hydrogens (primary N) is 1. The van der Waals surface area contributed by atoms with Crippen molar-refractivity contribution in [2.45, 2.75) is 18.9 Å². The molecule has 0 bridgehead atoms. The standard InChI is InChI=1S/C12H15FN2O3/c13-7-3-4-8(10(11(7)14)12(17)18)15-5-9(16)6-1-2-6/h3-4,6,9,15-16H,1-2,5,14H2,(H,17,18). The molecule has 1 atom stereocenters. The SMILES string of the molecule is Nc1c(F)ccc(NCC(O)C2CC2)c1C(=O)O. The molecule has 0 aliphatic heterocycles. The van der Waals surface area contributed by atoms with Gasteiger partial charge in [-0.2, -0.15) is 0 Å². The number of hydrogen-bond acceptors (Lipinski definition) is 4. The Bertz CT molecular complexity index is 475. The molecular weight excluding hydrogens is 239 g/mol. The molecule has 0 radical (unpaired) electrons. The van der Waals surface area contributed by atoms with Gasteiger partial charge in [0.2, 0.25) is 0 Å². The van der Waals surface area contributed by atoms with E-state index in [0.29, 0.717) is 0 Å². The van der Waals surface area contributed by atoms with Gasteiger partial charge in [-0.1, -0.05) is 0 Å². The van der Waals surface area contributed by atoms with Crippen LogP contribution in [0.5, 0.6) is 0 Å². The average molecular weight is 254 g/mol. The maximum atomic E-state index is 13.2. The highest BCUT2D eigenvalue weighted by Gasteiger charge is 2.29. The van der Waals surface area contributed by atoms with Gasteiger partial charge in [-0.05, 0) is 30.9 Å². The Morgan fingerprint density at radius 1 is 1.56 bits per heavy atom. The van der Waals surface area contributed by atoms with Crippen LogP contribution in [0, 0.1) is 11.7 Å². The molecule has 6 heteroatoms. The highest BCUT2D eigenvalue weighted by atomic mass is 19.1. The summed E-state index contributed by atoms with van der Waals surface area (Å²) in [5, 5.41) is 21.5. The van der Waals surface area contributed by atoms with Crippen molar-refractivity contribution in [3.63, 3.8) is 0 Å². The van der Waals surface area contributed by atoms with E-state index in [1.54, 1.807) is 0 Å². The number of aliphatic hydroxyl groups excluding tert-OH is 1. The lowest BCUT2D eigenvalue weighted by Crippen LogP contribution is -2.22. The minimum Gasteiger partial charge on any atom is -0.478 e. The van der Waals surface area contributed by atoms with Crippen LogP contribution in [-0.2, 0) is 0 Å². The Hall–Kier alpha value is -1.82. The highest BCUT2D eigenvalue weighted by Crippen LogP contribution is 2.33. The molecule has 0 aromatic heterocycles. The van der Waals surface area contributed by atoms with Gasteiger partial charge in [-0.25, -0.2) is 9.18 Å². The number of nitrogen functional groups attached to an aromatic ring is 1. The summed E-state index contributed by atoms with van der Waals surface area (Å²) in [5.74, 6) is -1.78. The summed E-state index contributed by atoms with van der Waals surface area (Å²) >= 11 is 0. The van der Waals surface area contributed by atoms with E-state index < -0.39 is 23.6 Å². The number of halogens is 1. The van der Waals surface area contributed by atoms with E-state index in [0.717, 1.165) is 18.9 Å². The van der Waals surface area contributed by atoms with Gasteiger partial charge in [0.25, 0.3) is 0 Å². The van der Waals surface area contributed by atoms with Crippen molar-refractivity contribution in [1.82, 2.24) is 0 Å². The van der Waals surface area contributed by atoms with Crippen LogP contribution in [0.15, 0.2) is 12.1 Å². The molecule has 1 aliphatic rings. The van der Waals surface area contributed by atoms with Crippen molar-refractivity contribution in [2.24, 2.45) is 5.92 Å². The summed E-state index contributed by atoms with van der Waals surface area (Å²) in [6.07, 6.45) is 1.46. The number of benzene rings is 1. The Labute approximate surface area is 103 Å². The van der Waals surface area contributed by atoms with E-state index >= 15 is 0 Å². The topological polar surface area (TPSA) is 95.6 Å². The molecule has 18 heavy (non-hydrogen) atoms. The first-order valence-corrected chi connectivity index (χ1v) is 5.74. The number of carbonyl (C=O) groups is 1. The molecule has 5 N–H and O–H groups in total. The van der Waals surface area contributed by atoms with Crippen molar-refractivity contribution in [3.8, 4) is 0 Å². The Kier molecular flexibility index (Phi) is 3.38. The number of anilines is 2. The second-order valence-electron chi connectivity index (χ2n) is 4.47. The zero-order chi connectivity index (χ0) is 13.3. The van der Waals surface area contributed by atoms with Crippen LogP contribution in [0.2, 0.25) is 0 Å². The normalized spacial score (nSPS) is 16.3. The van der Waals surface area contributed by atoms with Gasteiger partial charge in [0.1, 0.15) is 11.4 Å². The van der Waals surface area contributed by atoms with Crippen LogP contribution in [0.3, 0.4) is 0 Å². The van der Waals surface area contributed by atoms with Crippen LogP contribution in [-0.4, -0.2) is 28.8 Å². The Morgan fingerprint density at radius 2 is 2.22 bits per heavy atom. The fourth-order valence-electron chi connectivity index (χ4n) is 1.83. The predicted octanol–water partition coefficient (Wildman–Crippen LogP) is 1.29. The van der Waals surface area contributed by atoms with Gasteiger partial charge in [0.05, 0.1) is 17.5 Å². The molecule has 1 aliphatic carbocycles. The molecular formula is C12H15FN2O3. The second-order valence-corrected chi connectivity index (χ2v) is 4.47. The van der Waals surface area contributed by atoms with E-state index in [4.69, 9.17) is 10.8 Å². The Balaban J connectivity index is 2.16.